The van der Waals surface area contributed by atoms with E-state index in [1.807, 2.05) is 13.0 Å². The number of hydrogen-bond acceptors (Lipinski definition) is 1. The lowest BCUT2D eigenvalue weighted by Gasteiger charge is -1.86. The summed E-state index contributed by atoms with van der Waals surface area (Å²) in [7, 11) is 0. The molecule has 0 bridgehead atoms. The van der Waals surface area contributed by atoms with Crippen LogP contribution < -0.4 is 0 Å². The lowest BCUT2D eigenvalue weighted by molar-refractivity contribution is 0.959. The molecule has 10 heavy (non-hydrogen) atoms. The minimum atomic E-state index is 1.02. The van der Waals surface area contributed by atoms with Crippen molar-refractivity contribution in [2.45, 2.75) is 26.7 Å². The van der Waals surface area contributed by atoms with Crippen LogP contribution in [0.4, 0.5) is 0 Å². The summed E-state index contributed by atoms with van der Waals surface area (Å²) in [6.07, 6.45) is 8.03. The highest BCUT2D eigenvalue weighted by molar-refractivity contribution is 5.93. The van der Waals surface area contributed by atoms with Gasteiger partial charge in [0.1, 0.15) is 0 Å². The van der Waals surface area contributed by atoms with E-state index in [1.165, 1.54) is 6.42 Å². The molecule has 0 atom stereocenters. The summed E-state index contributed by atoms with van der Waals surface area (Å²) in [5.41, 5.74) is 1.02. The van der Waals surface area contributed by atoms with Crippen molar-refractivity contribution < 1.29 is 0 Å². The summed E-state index contributed by atoms with van der Waals surface area (Å²) in [5, 5.41) is 0. The van der Waals surface area contributed by atoms with Gasteiger partial charge in [0.15, 0.2) is 0 Å². The molecule has 0 saturated heterocycles. The molecule has 0 unspecified atom stereocenters. The molecule has 0 amide bonds. The molecule has 0 heterocycles. The van der Waals surface area contributed by atoms with Crippen molar-refractivity contribution in [3.05, 3.63) is 24.9 Å². The maximum absolute atomic E-state index is 3.99. The molecule has 0 aliphatic rings. The van der Waals surface area contributed by atoms with Gasteiger partial charge in [-0.05, 0) is 19.4 Å². The predicted octanol–water partition coefficient (Wildman–Crippen LogP) is 2.95. The van der Waals surface area contributed by atoms with E-state index in [0.717, 1.165) is 12.1 Å². The number of nitrogens with zero attached hydrogens (tertiary/aromatic N) is 1. The second-order valence-electron chi connectivity index (χ2n) is 2.14. The van der Waals surface area contributed by atoms with Crippen molar-refractivity contribution in [2.75, 3.05) is 0 Å². The van der Waals surface area contributed by atoms with Crippen molar-refractivity contribution in [2.24, 2.45) is 4.99 Å². The van der Waals surface area contributed by atoms with Crippen LogP contribution in [0.2, 0.25) is 0 Å². The fraction of sp³-hybridized carbons (Fsp3) is 0.444. The zero-order chi connectivity index (χ0) is 7.82. The Kier molecular flexibility index (Phi) is 5.74. The van der Waals surface area contributed by atoms with Gasteiger partial charge in [0.25, 0.3) is 0 Å². The highest BCUT2D eigenvalue weighted by atomic mass is 14.7. The summed E-state index contributed by atoms with van der Waals surface area (Å²) in [6, 6.07) is 0. The molecular formula is C9H15N. The van der Waals surface area contributed by atoms with Crippen LogP contribution in [0.1, 0.15) is 26.7 Å². The second-order valence-corrected chi connectivity index (χ2v) is 2.14. The summed E-state index contributed by atoms with van der Waals surface area (Å²) in [6.45, 7) is 7.63. The molecule has 56 valence electrons. The van der Waals surface area contributed by atoms with E-state index in [0.29, 0.717) is 0 Å². The molecule has 0 saturated carbocycles. The van der Waals surface area contributed by atoms with Crippen molar-refractivity contribution in [3.8, 4) is 0 Å². The Labute approximate surface area is 63.2 Å². The van der Waals surface area contributed by atoms with Gasteiger partial charge in [-0.3, -0.25) is 4.99 Å². The van der Waals surface area contributed by atoms with E-state index in [9.17, 15) is 0 Å². The molecule has 0 rings (SSSR count). The fourth-order valence-electron chi connectivity index (χ4n) is 0.608. The van der Waals surface area contributed by atoms with Crippen LogP contribution in [0.5, 0.6) is 0 Å². The van der Waals surface area contributed by atoms with Gasteiger partial charge < -0.3 is 0 Å². The minimum absolute atomic E-state index is 1.02. The average molecular weight is 137 g/mol. The van der Waals surface area contributed by atoms with Crippen molar-refractivity contribution >= 4 is 5.71 Å². The Bertz CT molecular complexity index is 143. The highest BCUT2D eigenvalue weighted by Gasteiger charge is 1.77. The van der Waals surface area contributed by atoms with Crippen molar-refractivity contribution in [3.63, 3.8) is 0 Å². The van der Waals surface area contributed by atoms with E-state index >= 15 is 0 Å². The second kappa shape index (κ2) is 6.27. The third kappa shape index (κ3) is 5.29. The molecule has 0 aliphatic carbocycles. The molecule has 0 aliphatic heterocycles. The van der Waals surface area contributed by atoms with Gasteiger partial charge >= 0.3 is 0 Å². The topological polar surface area (TPSA) is 12.4 Å². The lowest BCUT2D eigenvalue weighted by Crippen LogP contribution is -1.80. The molecule has 0 fully saturated rings. The summed E-state index contributed by atoms with van der Waals surface area (Å²) < 4.78 is 0. The van der Waals surface area contributed by atoms with Crippen LogP contribution in [0.25, 0.3) is 0 Å². The van der Waals surface area contributed by atoms with Gasteiger partial charge in [-0.25, -0.2) is 0 Å². The quantitative estimate of drug-likeness (QED) is 0.528. The average Bonchev–Trinajstić information content (AvgIpc) is 1.89. The summed E-state index contributed by atoms with van der Waals surface area (Å²) in [4.78, 5) is 3.99. The van der Waals surface area contributed by atoms with Gasteiger partial charge in [-0.2, -0.15) is 0 Å². The van der Waals surface area contributed by atoms with E-state index in [4.69, 9.17) is 0 Å². The van der Waals surface area contributed by atoms with Crippen molar-refractivity contribution in [1.29, 1.82) is 0 Å². The molecule has 0 spiro atoms. The Balaban J connectivity index is 3.65. The molecule has 1 nitrogen and oxygen atoms in total. The first-order valence-electron chi connectivity index (χ1n) is 3.63. The molecule has 0 aromatic rings. The first-order chi connectivity index (χ1) is 4.81. The molecule has 1 heteroatoms. The zero-order valence-corrected chi connectivity index (χ0v) is 6.80. The molecule has 0 aromatic heterocycles. The zero-order valence-electron chi connectivity index (χ0n) is 6.80. The number of unbranched alkanes of at least 4 members (excludes halogenated alkanes) is 1. The first kappa shape index (κ1) is 9.15. The first-order valence-corrected chi connectivity index (χ1v) is 3.63. The van der Waals surface area contributed by atoms with Gasteiger partial charge in [0.05, 0.1) is 0 Å². The maximum Gasteiger partial charge on any atom is 0.0369 e. The highest BCUT2D eigenvalue weighted by Crippen LogP contribution is 1.89. The summed E-state index contributed by atoms with van der Waals surface area (Å²) >= 11 is 0. The van der Waals surface area contributed by atoms with Crippen LogP contribution in [0.15, 0.2) is 29.9 Å². The van der Waals surface area contributed by atoms with Crippen LogP contribution in [-0.4, -0.2) is 5.71 Å². The number of aliphatic imine (C=N–C) groups is 1. The fourth-order valence-corrected chi connectivity index (χ4v) is 0.608. The standard InChI is InChI=1S/C9H15N/c1-4-6-7-8-9(3)10-5-2/h5,7-8H,2,4,6H2,1,3H3/b8-7-,10-9-. The SMILES string of the molecule is C=C/N=C(C)\C=C/CCC. The van der Waals surface area contributed by atoms with Gasteiger partial charge in [-0.15, -0.1) is 0 Å². The maximum atomic E-state index is 3.99. The molecule has 0 aromatic carbocycles. The van der Waals surface area contributed by atoms with Gasteiger partial charge in [0, 0.05) is 11.9 Å². The molecule has 0 N–H and O–H groups in total. The van der Waals surface area contributed by atoms with Gasteiger partial charge in [0.2, 0.25) is 0 Å². The molecule has 0 radical (unpaired) electrons. The Morgan fingerprint density at radius 3 is 2.80 bits per heavy atom. The largest absolute Gasteiger partial charge is 0.262 e. The minimum Gasteiger partial charge on any atom is -0.262 e. The van der Waals surface area contributed by atoms with E-state index in [-0.39, 0.29) is 0 Å². The third-order valence-corrected chi connectivity index (χ3v) is 1.11. The number of hydrogen-bond donors (Lipinski definition) is 0. The smallest absolute Gasteiger partial charge is 0.0369 e. The van der Waals surface area contributed by atoms with E-state index < -0.39 is 0 Å². The van der Waals surface area contributed by atoms with Gasteiger partial charge in [-0.1, -0.05) is 26.0 Å². The summed E-state index contributed by atoms with van der Waals surface area (Å²) in [5.74, 6) is 0. The Hall–Kier alpha value is -0.850. The number of allylic oxidation sites excluding steroid dienone is 2. The lowest BCUT2D eigenvalue weighted by atomic mass is 10.3. The third-order valence-electron chi connectivity index (χ3n) is 1.11. The van der Waals surface area contributed by atoms with Crippen molar-refractivity contribution in [1.82, 2.24) is 0 Å². The van der Waals surface area contributed by atoms with Crippen LogP contribution >= 0.6 is 0 Å². The predicted molar refractivity (Wildman–Crippen MR) is 47.4 cm³/mol. The molecular weight excluding hydrogens is 122 g/mol. The normalized spacial score (nSPS) is 12.4. The van der Waals surface area contributed by atoms with Crippen LogP contribution in [0, 0.1) is 0 Å². The Morgan fingerprint density at radius 1 is 1.60 bits per heavy atom. The Morgan fingerprint density at radius 2 is 2.30 bits per heavy atom. The monoisotopic (exact) mass is 137 g/mol. The number of rotatable bonds is 4. The van der Waals surface area contributed by atoms with E-state index in [1.54, 1.807) is 6.20 Å². The van der Waals surface area contributed by atoms with Crippen LogP contribution in [0.3, 0.4) is 0 Å². The van der Waals surface area contributed by atoms with Crippen LogP contribution in [-0.2, 0) is 0 Å². The van der Waals surface area contributed by atoms with E-state index in [2.05, 4.69) is 24.6 Å².